The average Bonchev–Trinajstić information content (AvgIpc) is 2.73. The van der Waals surface area contributed by atoms with Gasteiger partial charge in [0.2, 0.25) is 5.88 Å². The van der Waals surface area contributed by atoms with Crippen molar-refractivity contribution in [2.75, 3.05) is 7.11 Å². The number of methoxy groups -OCH3 is 1. The smallest absolute Gasteiger partial charge is 0.263 e. The average molecular weight is 357 g/mol. The normalized spacial score (nSPS) is 10.9. The van der Waals surface area contributed by atoms with Crippen LogP contribution < -0.4 is 10.3 Å². The summed E-state index contributed by atoms with van der Waals surface area (Å²) in [4.78, 5) is 22.0. The Labute approximate surface area is 156 Å². The highest BCUT2D eigenvalue weighted by molar-refractivity contribution is 5.95. The highest BCUT2D eigenvalue weighted by Gasteiger charge is 2.15. The van der Waals surface area contributed by atoms with E-state index in [1.54, 1.807) is 17.7 Å². The molecule has 2 aromatic heterocycles. The number of rotatable bonds is 4. The Morgan fingerprint density at radius 3 is 2.56 bits per heavy atom. The van der Waals surface area contributed by atoms with Gasteiger partial charge in [0, 0.05) is 23.0 Å². The third-order valence-corrected chi connectivity index (χ3v) is 4.63. The van der Waals surface area contributed by atoms with Gasteiger partial charge in [0.15, 0.2) is 0 Å². The Balaban J connectivity index is 2.07. The van der Waals surface area contributed by atoms with Crippen LogP contribution in [0.4, 0.5) is 0 Å². The number of pyridine rings is 1. The highest BCUT2D eigenvalue weighted by Crippen LogP contribution is 2.27. The largest absolute Gasteiger partial charge is 0.481 e. The van der Waals surface area contributed by atoms with Gasteiger partial charge in [-0.25, -0.2) is 9.97 Å². The molecule has 4 rings (SSSR count). The van der Waals surface area contributed by atoms with E-state index in [1.807, 2.05) is 48.5 Å². The molecule has 0 bridgehead atoms. The molecule has 2 aromatic carbocycles. The van der Waals surface area contributed by atoms with Crippen molar-refractivity contribution in [3.05, 3.63) is 83.0 Å². The molecule has 0 aliphatic carbocycles. The van der Waals surface area contributed by atoms with Gasteiger partial charge in [-0.15, -0.1) is 0 Å². The van der Waals surface area contributed by atoms with E-state index in [0.717, 1.165) is 28.8 Å². The van der Waals surface area contributed by atoms with Crippen LogP contribution in [0.1, 0.15) is 12.6 Å². The van der Waals surface area contributed by atoms with Gasteiger partial charge in [-0.2, -0.15) is 0 Å². The first-order chi connectivity index (χ1) is 13.2. The number of aryl methyl sites for hydroxylation is 1. The Morgan fingerprint density at radius 2 is 1.81 bits per heavy atom. The minimum Gasteiger partial charge on any atom is -0.481 e. The Bertz CT molecular complexity index is 1170. The molecular formula is C22H19N3O2. The molecule has 0 radical (unpaired) electrons. The molecule has 0 aliphatic heterocycles. The van der Waals surface area contributed by atoms with Crippen molar-refractivity contribution in [3.8, 4) is 22.8 Å². The van der Waals surface area contributed by atoms with E-state index in [1.165, 1.54) is 6.33 Å². The molecule has 0 atom stereocenters. The lowest BCUT2D eigenvalue weighted by atomic mass is 10.0. The molecule has 27 heavy (non-hydrogen) atoms. The number of fused-ring (bicyclic) bond motifs is 1. The number of benzene rings is 2. The summed E-state index contributed by atoms with van der Waals surface area (Å²) < 4.78 is 7.00. The number of aromatic nitrogens is 3. The summed E-state index contributed by atoms with van der Waals surface area (Å²) in [7, 11) is 1.56. The summed E-state index contributed by atoms with van der Waals surface area (Å²) in [5.41, 5.74) is 3.20. The molecule has 2 heterocycles. The first-order valence-electron chi connectivity index (χ1n) is 8.82. The van der Waals surface area contributed by atoms with Gasteiger partial charge in [0.25, 0.3) is 5.56 Å². The topological polar surface area (TPSA) is 57.0 Å². The van der Waals surface area contributed by atoms with Gasteiger partial charge in [0.05, 0.1) is 18.2 Å². The monoisotopic (exact) mass is 357 g/mol. The van der Waals surface area contributed by atoms with E-state index in [-0.39, 0.29) is 5.56 Å². The van der Waals surface area contributed by atoms with Crippen LogP contribution in [0.3, 0.4) is 0 Å². The van der Waals surface area contributed by atoms with Gasteiger partial charge in [0.1, 0.15) is 6.33 Å². The van der Waals surface area contributed by atoms with Crippen molar-refractivity contribution in [2.45, 2.75) is 13.3 Å². The molecular weight excluding hydrogens is 338 g/mol. The van der Waals surface area contributed by atoms with Gasteiger partial charge in [-0.05, 0) is 30.0 Å². The fourth-order valence-electron chi connectivity index (χ4n) is 3.35. The lowest BCUT2D eigenvalue weighted by Gasteiger charge is -2.15. The Kier molecular flexibility index (Phi) is 4.42. The van der Waals surface area contributed by atoms with E-state index in [9.17, 15) is 4.79 Å². The maximum Gasteiger partial charge on any atom is 0.263 e. The summed E-state index contributed by atoms with van der Waals surface area (Å²) in [6.45, 7) is 2.05. The summed E-state index contributed by atoms with van der Waals surface area (Å²) in [6.07, 6.45) is 2.20. The molecule has 0 N–H and O–H groups in total. The second-order valence-corrected chi connectivity index (χ2v) is 6.18. The van der Waals surface area contributed by atoms with Crippen LogP contribution in [0.25, 0.3) is 27.7 Å². The quantitative estimate of drug-likeness (QED) is 0.553. The zero-order valence-electron chi connectivity index (χ0n) is 15.2. The maximum absolute atomic E-state index is 13.5. The molecule has 0 aliphatic rings. The maximum atomic E-state index is 13.5. The Morgan fingerprint density at radius 1 is 1.00 bits per heavy atom. The lowest BCUT2D eigenvalue weighted by molar-refractivity contribution is 0.397. The summed E-state index contributed by atoms with van der Waals surface area (Å²) in [5.74, 6) is 0.463. The number of nitrogens with zero attached hydrogens (tertiary/aromatic N) is 3. The molecule has 0 fully saturated rings. The third kappa shape index (κ3) is 2.97. The molecule has 0 amide bonds. The zero-order valence-corrected chi connectivity index (χ0v) is 15.2. The minimum absolute atomic E-state index is 0.0521. The predicted molar refractivity (Wildman–Crippen MR) is 107 cm³/mol. The highest BCUT2D eigenvalue weighted by atomic mass is 16.5. The zero-order chi connectivity index (χ0) is 18.8. The second-order valence-electron chi connectivity index (χ2n) is 6.18. The van der Waals surface area contributed by atoms with Crippen molar-refractivity contribution < 1.29 is 4.74 Å². The molecule has 5 nitrogen and oxygen atoms in total. The van der Waals surface area contributed by atoms with Crippen LogP contribution in [-0.4, -0.2) is 21.6 Å². The summed E-state index contributed by atoms with van der Waals surface area (Å²) in [5, 5.41) is 1.54. The van der Waals surface area contributed by atoms with Crippen LogP contribution in [0.2, 0.25) is 0 Å². The number of hydrogen-bond acceptors (Lipinski definition) is 4. The van der Waals surface area contributed by atoms with E-state index in [2.05, 4.69) is 23.0 Å². The molecule has 134 valence electrons. The number of ether oxygens (including phenoxy) is 1. The molecule has 0 saturated heterocycles. The molecule has 0 unspecified atom stereocenters. The van der Waals surface area contributed by atoms with Crippen LogP contribution in [-0.2, 0) is 6.42 Å². The van der Waals surface area contributed by atoms with Crippen molar-refractivity contribution in [3.63, 3.8) is 0 Å². The summed E-state index contributed by atoms with van der Waals surface area (Å²) >= 11 is 0. The van der Waals surface area contributed by atoms with E-state index in [4.69, 9.17) is 4.74 Å². The van der Waals surface area contributed by atoms with E-state index in [0.29, 0.717) is 17.0 Å². The molecule has 0 saturated carbocycles. The number of para-hydroxylation sites is 1. The summed E-state index contributed by atoms with van der Waals surface area (Å²) in [6, 6.07) is 19.3. The third-order valence-electron chi connectivity index (χ3n) is 4.63. The minimum atomic E-state index is -0.0521. The van der Waals surface area contributed by atoms with Gasteiger partial charge in [-0.1, -0.05) is 43.3 Å². The first kappa shape index (κ1) is 17.0. The van der Waals surface area contributed by atoms with Crippen LogP contribution in [0.15, 0.2) is 71.8 Å². The predicted octanol–water partition coefficient (Wildman–Crippen LogP) is 4.02. The number of hydrogen-bond donors (Lipinski definition) is 0. The first-order valence-corrected chi connectivity index (χ1v) is 8.82. The second kappa shape index (κ2) is 7.03. The van der Waals surface area contributed by atoms with Crippen LogP contribution in [0, 0.1) is 0 Å². The van der Waals surface area contributed by atoms with Gasteiger partial charge >= 0.3 is 0 Å². The van der Waals surface area contributed by atoms with Crippen LogP contribution in [0.5, 0.6) is 5.88 Å². The van der Waals surface area contributed by atoms with E-state index >= 15 is 0 Å². The van der Waals surface area contributed by atoms with Crippen molar-refractivity contribution in [1.82, 2.24) is 14.5 Å². The fourth-order valence-corrected chi connectivity index (χ4v) is 3.35. The van der Waals surface area contributed by atoms with Gasteiger partial charge < -0.3 is 4.74 Å². The van der Waals surface area contributed by atoms with Crippen molar-refractivity contribution >= 4 is 10.8 Å². The standard InChI is InChI=1S/C22H19N3O2/c1-3-16-12-15-8-7-11-18(19-13-20(27-2)24-14-23-19)21(15)22(26)25(16)17-9-5-4-6-10-17/h4-14H,3H2,1-2H3. The van der Waals surface area contributed by atoms with E-state index < -0.39 is 0 Å². The molecule has 5 heteroatoms. The van der Waals surface area contributed by atoms with Crippen LogP contribution >= 0.6 is 0 Å². The fraction of sp³-hybridized carbons (Fsp3) is 0.136. The molecule has 0 spiro atoms. The van der Waals surface area contributed by atoms with Crippen molar-refractivity contribution in [1.29, 1.82) is 0 Å². The Hall–Kier alpha value is -3.47. The SMILES string of the molecule is CCc1cc2cccc(-c3cc(OC)ncn3)c2c(=O)n1-c1ccccc1. The van der Waals surface area contributed by atoms with Gasteiger partial charge in [-0.3, -0.25) is 9.36 Å². The lowest BCUT2D eigenvalue weighted by Crippen LogP contribution is -2.22. The molecule has 4 aromatic rings. The van der Waals surface area contributed by atoms with Crippen molar-refractivity contribution in [2.24, 2.45) is 0 Å².